The zero-order chi connectivity index (χ0) is 25.3. The van der Waals surface area contributed by atoms with Crippen molar-refractivity contribution in [2.45, 2.75) is 19.5 Å². The molecule has 2 aromatic carbocycles. The van der Waals surface area contributed by atoms with Gasteiger partial charge in [0, 0.05) is 31.3 Å². The standard InChI is InChI=1S/C21H17F3N6O4/c1-14(31)34-10-9-29(8-2-7-25)17-5-3-16(4-6-17)27-28-20-15(13-26)11-18(30(32)33)12-19(20)21(22,23)24/h3-6,11-12H,2,8-10H2,1H3. The van der Waals surface area contributed by atoms with Gasteiger partial charge in [-0.05, 0) is 24.3 Å². The quantitative estimate of drug-likeness (QED) is 0.210. The second-order valence-corrected chi connectivity index (χ2v) is 6.71. The Morgan fingerprint density at radius 2 is 1.85 bits per heavy atom. The number of anilines is 1. The molecule has 0 N–H and O–H groups in total. The predicted molar refractivity (Wildman–Crippen MR) is 113 cm³/mol. The minimum Gasteiger partial charge on any atom is -0.464 e. The van der Waals surface area contributed by atoms with Crippen LogP contribution < -0.4 is 4.90 Å². The maximum atomic E-state index is 13.4. The van der Waals surface area contributed by atoms with Gasteiger partial charge in [0.1, 0.15) is 18.4 Å². The summed E-state index contributed by atoms with van der Waals surface area (Å²) in [6.07, 6.45) is -4.79. The van der Waals surface area contributed by atoms with Crippen LogP contribution in [0.5, 0.6) is 0 Å². The summed E-state index contributed by atoms with van der Waals surface area (Å²) in [4.78, 5) is 22.6. The van der Waals surface area contributed by atoms with Crippen LogP contribution in [-0.2, 0) is 15.7 Å². The maximum Gasteiger partial charge on any atom is 0.418 e. The predicted octanol–water partition coefficient (Wildman–Crippen LogP) is 5.18. The van der Waals surface area contributed by atoms with Crippen molar-refractivity contribution in [1.29, 1.82) is 10.5 Å². The molecule has 0 unspecified atom stereocenters. The number of hydrogen-bond donors (Lipinski definition) is 0. The highest BCUT2D eigenvalue weighted by molar-refractivity contribution is 5.66. The van der Waals surface area contributed by atoms with E-state index < -0.39 is 39.6 Å². The summed E-state index contributed by atoms with van der Waals surface area (Å²) >= 11 is 0. The Bertz CT molecular complexity index is 1170. The number of halogens is 3. The molecule has 0 spiro atoms. The molecule has 0 saturated carbocycles. The van der Waals surface area contributed by atoms with Crippen LogP contribution >= 0.6 is 0 Å². The second-order valence-electron chi connectivity index (χ2n) is 6.71. The molecule has 0 fully saturated rings. The van der Waals surface area contributed by atoms with E-state index in [0.29, 0.717) is 30.9 Å². The lowest BCUT2D eigenvalue weighted by Gasteiger charge is -2.23. The third-order valence-corrected chi connectivity index (χ3v) is 4.37. The van der Waals surface area contributed by atoms with Gasteiger partial charge in [0.2, 0.25) is 0 Å². The highest BCUT2D eigenvalue weighted by atomic mass is 19.4. The highest BCUT2D eigenvalue weighted by Gasteiger charge is 2.37. The first kappa shape index (κ1) is 25.7. The molecule has 0 aromatic heterocycles. The number of carbonyl (C=O) groups excluding carboxylic acids is 1. The van der Waals surface area contributed by atoms with Crippen LogP contribution in [0.3, 0.4) is 0 Å². The number of ether oxygens (including phenoxy) is 1. The van der Waals surface area contributed by atoms with E-state index in [1.165, 1.54) is 25.1 Å². The molecule has 0 saturated heterocycles. The van der Waals surface area contributed by atoms with E-state index in [-0.39, 0.29) is 18.7 Å². The lowest BCUT2D eigenvalue weighted by Crippen LogP contribution is -2.28. The zero-order valence-electron chi connectivity index (χ0n) is 17.7. The number of nitriles is 2. The first-order chi connectivity index (χ1) is 16.1. The molecule has 0 aliphatic carbocycles. The Balaban J connectivity index is 2.34. The summed E-state index contributed by atoms with van der Waals surface area (Å²) in [5, 5.41) is 36.2. The molecule has 10 nitrogen and oxygen atoms in total. The van der Waals surface area contributed by atoms with Gasteiger partial charge in [0.05, 0.1) is 40.8 Å². The number of nitrogens with zero attached hydrogens (tertiary/aromatic N) is 6. The number of nitro groups is 1. The molecular weight excluding hydrogens is 457 g/mol. The summed E-state index contributed by atoms with van der Waals surface area (Å²) in [6, 6.07) is 10.6. The van der Waals surface area contributed by atoms with Crippen molar-refractivity contribution in [2.75, 3.05) is 24.6 Å². The van der Waals surface area contributed by atoms with E-state index >= 15 is 0 Å². The fourth-order valence-corrected chi connectivity index (χ4v) is 2.83. The summed E-state index contributed by atoms with van der Waals surface area (Å²) in [5.74, 6) is -0.447. The first-order valence-corrected chi connectivity index (χ1v) is 9.63. The van der Waals surface area contributed by atoms with Gasteiger partial charge in [-0.2, -0.15) is 28.8 Å². The fraction of sp³-hybridized carbons (Fsp3) is 0.286. The van der Waals surface area contributed by atoms with Crippen molar-refractivity contribution in [3.8, 4) is 12.1 Å². The van der Waals surface area contributed by atoms with Crippen molar-refractivity contribution in [1.82, 2.24) is 0 Å². The fourth-order valence-electron chi connectivity index (χ4n) is 2.83. The molecule has 0 amide bonds. The number of azo groups is 1. The number of nitro benzene ring substituents is 1. The van der Waals surface area contributed by atoms with Gasteiger partial charge in [-0.1, -0.05) is 0 Å². The van der Waals surface area contributed by atoms with Gasteiger partial charge >= 0.3 is 12.1 Å². The third kappa shape index (κ3) is 7.00. The number of alkyl halides is 3. The number of benzene rings is 2. The largest absolute Gasteiger partial charge is 0.464 e. The summed E-state index contributed by atoms with van der Waals surface area (Å²) < 4.78 is 45.2. The monoisotopic (exact) mass is 474 g/mol. The SMILES string of the molecule is CC(=O)OCCN(CCC#N)c1ccc(N=Nc2c(C#N)cc([N+](=O)[O-])cc2C(F)(F)F)cc1. The van der Waals surface area contributed by atoms with E-state index in [1.54, 1.807) is 17.0 Å². The molecule has 176 valence electrons. The Morgan fingerprint density at radius 1 is 1.18 bits per heavy atom. The van der Waals surface area contributed by atoms with Crippen molar-refractivity contribution in [2.24, 2.45) is 10.2 Å². The van der Waals surface area contributed by atoms with Crippen LogP contribution in [0.4, 0.5) is 35.9 Å². The Hall–Kier alpha value is -4.52. The molecule has 0 heterocycles. The smallest absolute Gasteiger partial charge is 0.418 e. The number of rotatable bonds is 9. The lowest BCUT2D eigenvalue weighted by molar-refractivity contribution is -0.385. The molecule has 0 radical (unpaired) electrons. The Morgan fingerprint density at radius 3 is 2.38 bits per heavy atom. The van der Waals surface area contributed by atoms with E-state index in [0.717, 1.165) is 0 Å². The summed E-state index contributed by atoms with van der Waals surface area (Å²) in [6.45, 7) is 2.03. The zero-order valence-corrected chi connectivity index (χ0v) is 17.7. The molecule has 0 atom stereocenters. The molecule has 2 aromatic rings. The van der Waals surface area contributed by atoms with E-state index in [4.69, 9.17) is 10.00 Å². The average Bonchev–Trinajstić information content (AvgIpc) is 2.78. The normalized spacial score (nSPS) is 11.0. The van der Waals surface area contributed by atoms with Crippen molar-refractivity contribution < 1.29 is 27.6 Å². The van der Waals surface area contributed by atoms with Gasteiger partial charge in [-0.3, -0.25) is 14.9 Å². The summed E-state index contributed by atoms with van der Waals surface area (Å²) in [5.41, 5.74) is -3.02. The maximum absolute atomic E-state index is 13.4. The van der Waals surface area contributed by atoms with Gasteiger partial charge in [0.25, 0.3) is 5.69 Å². The van der Waals surface area contributed by atoms with Crippen molar-refractivity contribution in [3.05, 3.63) is 57.6 Å². The number of esters is 1. The van der Waals surface area contributed by atoms with E-state index in [9.17, 15) is 33.3 Å². The average molecular weight is 474 g/mol. The number of hydrogen-bond acceptors (Lipinski definition) is 9. The van der Waals surface area contributed by atoms with Gasteiger partial charge in [0.15, 0.2) is 0 Å². The Labute approximate surface area is 191 Å². The van der Waals surface area contributed by atoms with Crippen LogP contribution in [0.1, 0.15) is 24.5 Å². The molecule has 0 bridgehead atoms. The van der Waals surface area contributed by atoms with Crippen molar-refractivity contribution >= 4 is 28.7 Å². The highest BCUT2D eigenvalue weighted by Crippen LogP contribution is 2.41. The van der Waals surface area contributed by atoms with E-state index in [2.05, 4.69) is 10.2 Å². The van der Waals surface area contributed by atoms with E-state index in [1.807, 2.05) is 6.07 Å². The van der Waals surface area contributed by atoms with Gasteiger partial charge in [-0.15, -0.1) is 5.11 Å². The van der Waals surface area contributed by atoms with Crippen LogP contribution in [0.2, 0.25) is 0 Å². The molecule has 0 aliphatic heterocycles. The van der Waals surface area contributed by atoms with Crippen molar-refractivity contribution in [3.63, 3.8) is 0 Å². The third-order valence-electron chi connectivity index (χ3n) is 4.37. The van der Waals surface area contributed by atoms with Gasteiger partial charge in [-0.25, -0.2) is 0 Å². The number of carbonyl (C=O) groups is 1. The van der Waals surface area contributed by atoms with Crippen LogP contribution in [0.25, 0.3) is 0 Å². The van der Waals surface area contributed by atoms with Crippen LogP contribution in [0, 0.1) is 32.8 Å². The summed E-state index contributed by atoms with van der Waals surface area (Å²) in [7, 11) is 0. The number of non-ortho nitro benzene ring substituents is 1. The molecular formula is C21H17F3N6O4. The minimum absolute atomic E-state index is 0.0967. The van der Waals surface area contributed by atoms with Crippen LogP contribution in [0.15, 0.2) is 46.6 Å². The van der Waals surface area contributed by atoms with Crippen LogP contribution in [-0.4, -0.2) is 30.6 Å². The minimum atomic E-state index is -5.00. The Kier molecular flexibility index (Phi) is 8.61. The molecule has 13 heteroatoms. The lowest BCUT2D eigenvalue weighted by atomic mass is 10.1. The second kappa shape index (κ2) is 11.4. The first-order valence-electron chi connectivity index (χ1n) is 9.63. The molecule has 2 rings (SSSR count). The molecule has 0 aliphatic rings. The molecule has 34 heavy (non-hydrogen) atoms. The van der Waals surface area contributed by atoms with Gasteiger partial charge < -0.3 is 9.64 Å². The topological polar surface area (TPSA) is 145 Å².